The molecule has 0 N–H and O–H groups in total. The Kier molecular flexibility index (Phi) is 2.65. The standard InChI is InChI=1S/C13H13Br/c1-2-13(9-3-4-10-13)11-5-7-12(14)8-6-11/h1,5-8H,3-4,9-10H2. The molecule has 1 aromatic rings. The quantitative estimate of drug-likeness (QED) is 0.662. The smallest absolute Gasteiger partial charge is 0.0560 e. The maximum atomic E-state index is 5.68. The summed E-state index contributed by atoms with van der Waals surface area (Å²) in [7, 11) is 0. The van der Waals surface area contributed by atoms with Gasteiger partial charge >= 0.3 is 0 Å². The van der Waals surface area contributed by atoms with E-state index >= 15 is 0 Å². The van der Waals surface area contributed by atoms with Crippen molar-refractivity contribution in [1.29, 1.82) is 0 Å². The number of rotatable bonds is 1. The monoisotopic (exact) mass is 248 g/mol. The van der Waals surface area contributed by atoms with Crippen LogP contribution in [0.3, 0.4) is 0 Å². The minimum atomic E-state index is 0.0285. The Morgan fingerprint density at radius 1 is 1.14 bits per heavy atom. The fourth-order valence-electron chi connectivity index (χ4n) is 2.26. The van der Waals surface area contributed by atoms with E-state index in [1.54, 1.807) is 0 Å². The summed E-state index contributed by atoms with van der Waals surface area (Å²) in [5, 5.41) is 0. The molecule has 2 rings (SSSR count). The van der Waals surface area contributed by atoms with E-state index in [4.69, 9.17) is 6.42 Å². The lowest BCUT2D eigenvalue weighted by Crippen LogP contribution is -2.18. The van der Waals surface area contributed by atoms with Crippen LogP contribution in [-0.4, -0.2) is 0 Å². The highest BCUT2D eigenvalue weighted by molar-refractivity contribution is 9.10. The largest absolute Gasteiger partial charge is 0.119 e. The maximum absolute atomic E-state index is 5.68. The van der Waals surface area contributed by atoms with Crippen molar-refractivity contribution in [3.63, 3.8) is 0 Å². The zero-order valence-corrected chi connectivity index (χ0v) is 9.68. The van der Waals surface area contributed by atoms with Gasteiger partial charge in [-0.05, 0) is 30.5 Å². The van der Waals surface area contributed by atoms with Crippen LogP contribution in [-0.2, 0) is 5.41 Å². The minimum absolute atomic E-state index is 0.0285. The van der Waals surface area contributed by atoms with Gasteiger partial charge in [0.25, 0.3) is 0 Å². The van der Waals surface area contributed by atoms with Crippen molar-refractivity contribution < 1.29 is 0 Å². The second kappa shape index (κ2) is 3.79. The Bertz CT molecular complexity index is 350. The number of halogens is 1. The third-order valence-corrected chi connectivity index (χ3v) is 3.66. The molecule has 0 radical (unpaired) electrons. The van der Waals surface area contributed by atoms with E-state index in [9.17, 15) is 0 Å². The minimum Gasteiger partial charge on any atom is -0.119 e. The third-order valence-electron chi connectivity index (χ3n) is 3.13. The molecule has 0 amide bonds. The summed E-state index contributed by atoms with van der Waals surface area (Å²) in [4.78, 5) is 0. The van der Waals surface area contributed by atoms with Gasteiger partial charge in [0.2, 0.25) is 0 Å². The van der Waals surface area contributed by atoms with Gasteiger partial charge in [0.1, 0.15) is 0 Å². The predicted molar refractivity (Wildman–Crippen MR) is 63.1 cm³/mol. The number of terminal acetylenes is 1. The average Bonchev–Trinajstić information content (AvgIpc) is 2.68. The Labute approximate surface area is 93.8 Å². The van der Waals surface area contributed by atoms with E-state index in [-0.39, 0.29) is 5.41 Å². The van der Waals surface area contributed by atoms with E-state index in [0.29, 0.717) is 0 Å². The van der Waals surface area contributed by atoms with E-state index < -0.39 is 0 Å². The summed E-state index contributed by atoms with van der Waals surface area (Å²) in [6.45, 7) is 0. The zero-order valence-electron chi connectivity index (χ0n) is 8.09. The molecule has 1 heteroatoms. The van der Waals surface area contributed by atoms with Crippen molar-refractivity contribution in [2.24, 2.45) is 0 Å². The highest BCUT2D eigenvalue weighted by atomic mass is 79.9. The molecule has 14 heavy (non-hydrogen) atoms. The summed E-state index contributed by atoms with van der Waals surface area (Å²) in [6.07, 6.45) is 10.5. The Balaban J connectivity index is 2.37. The molecule has 0 aromatic heterocycles. The van der Waals surface area contributed by atoms with E-state index in [0.717, 1.165) is 17.3 Å². The van der Waals surface area contributed by atoms with Gasteiger partial charge in [-0.25, -0.2) is 0 Å². The number of hydrogen-bond acceptors (Lipinski definition) is 0. The number of benzene rings is 1. The molecule has 72 valence electrons. The lowest BCUT2D eigenvalue weighted by atomic mass is 9.80. The van der Waals surface area contributed by atoms with Crippen LogP contribution in [0.15, 0.2) is 28.7 Å². The van der Waals surface area contributed by atoms with Crippen LogP contribution in [0, 0.1) is 12.3 Å². The first-order chi connectivity index (χ1) is 6.77. The van der Waals surface area contributed by atoms with Gasteiger partial charge in [0.15, 0.2) is 0 Å². The summed E-state index contributed by atoms with van der Waals surface area (Å²) < 4.78 is 1.12. The third kappa shape index (κ3) is 1.60. The van der Waals surface area contributed by atoms with Crippen molar-refractivity contribution >= 4 is 15.9 Å². The molecule has 0 bridgehead atoms. The highest BCUT2D eigenvalue weighted by Crippen LogP contribution is 2.40. The Morgan fingerprint density at radius 2 is 1.71 bits per heavy atom. The van der Waals surface area contributed by atoms with E-state index in [1.807, 2.05) is 0 Å². The van der Waals surface area contributed by atoms with Crippen molar-refractivity contribution in [2.45, 2.75) is 31.1 Å². The molecule has 0 spiro atoms. The van der Waals surface area contributed by atoms with Crippen LogP contribution in [0.2, 0.25) is 0 Å². The molecular weight excluding hydrogens is 236 g/mol. The van der Waals surface area contributed by atoms with Crippen molar-refractivity contribution in [2.75, 3.05) is 0 Å². The molecule has 1 saturated carbocycles. The Morgan fingerprint density at radius 3 is 2.21 bits per heavy atom. The first-order valence-corrected chi connectivity index (χ1v) is 5.80. The fraction of sp³-hybridized carbons (Fsp3) is 0.385. The summed E-state index contributed by atoms with van der Waals surface area (Å²) >= 11 is 3.44. The molecule has 0 atom stereocenters. The van der Waals surface area contributed by atoms with Gasteiger partial charge in [-0.3, -0.25) is 0 Å². The maximum Gasteiger partial charge on any atom is 0.0560 e. The Hall–Kier alpha value is -0.740. The lowest BCUT2D eigenvalue weighted by Gasteiger charge is -2.22. The topological polar surface area (TPSA) is 0 Å². The second-order valence-electron chi connectivity index (χ2n) is 3.94. The van der Waals surface area contributed by atoms with E-state index in [1.165, 1.54) is 18.4 Å². The molecule has 0 unspecified atom stereocenters. The van der Waals surface area contributed by atoms with Gasteiger partial charge in [0, 0.05) is 4.47 Å². The van der Waals surface area contributed by atoms with Crippen molar-refractivity contribution in [3.8, 4) is 12.3 Å². The van der Waals surface area contributed by atoms with Crippen LogP contribution < -0.4 is 0 Å². The predicted octanol–water partition coefficient (Wildman–Crippen LogP) is 3.89. The van der Waals surface area contributed by atoms with Gasteiger partial charge in [-0.2, -0.15) is 0 Å². The highest BCUT2D eigenvalue weighted by Gasteiger charge is 2.33. The first kappa shape index (κ1) is 9.80. The molecule has 1 aromatic carbocycles. The van der Waals surface area contributed by atoms with Crippen LogP contribution in [0.4, 0.5) is 0 Å². The summed E-state index contributed by atoms with van der Waals surface area (Å²) in [6, 6.07) is 8.45. The average molecular weight is 249 g/mol. The fourth-order valence-corrected chi connectivity index (χ4v) is 2.53. The SMILES string of the molecule is C#CC1(c2ccc(Br)cc2)CCCC1. The zero-order chi connectivity index (χ0) is 10.0. The molecule has 0 nitrogen and oxygen atoms in total. The molecule has 1 aliphatic rings. The second-order valence-corrected chi connectivity index (χ2v) is 4.86. The van der Waals surface area contributed by atoms with Gasteiger partial charge < -0.3 is 0 Å². The van der Waals surface area contributed by atoms with Crippen LogP contribution >= 0.6 is 15.9 Å². The van der Waals surface area contributed by atoms with E-state index in [2.05, 4.69) is 46.1 Å². The van der Waals surface area contributed by atoms with Crippen LogP contribution in [0.1, 0.15) is 31.2 Å². The summed E-state index contributed by atoms with van der Waals surface area (Å²) in [5.41, 5.74) is 1.33. The van der Waals surface area contributed by atoms with Crippen LogP contribution in [0.5, 0.6) is 0 Å². The van der Waals surface area contributed by atoms with Crippen molar-refractivity contribution in [1.82, 2.24) is 0 Å². The lowest BCUT2D eigenvalue weighted by molar-refractivity contribution is 0.581. The van der Waals surface area contributed by atoms with Gasteiger partial charge in [-0.15, -0.1) is 6.42 Å². The van der Waals surface area contributed by atoms with Gasteiger partial charge in [0.05, 0.1) is 5.41 Å². The normalized spacial score (nSPS) is 19.1. The molecule has 0 aliphatic heterocycles. The number of hydrogen-bond donors (Lipinski definition) is 0. The molecular formula is C13H13Br. The van der Waals surface area contributed by atoms with Crippen molar-refractivity contribution in [3.05, 3.63) is 34.3 Å². The summed E-state index contributed by atoms with van der Waals surface area (Å²) in [5.74, 6) is 3.00. The van der Waals surface area contributed by atoms with Crippen LogP contribution in [0.25, 0.3) is 0 Å². The molecule has 1 fully saturated rings. The molecule has 0 heterocycles. The van der Waals surface area contributed by atoms with Gasteiger partial charge in [-0.1, -0.05) is 46.8 Å². The molecule has 1 aliphatic carbocycles. The first-order valence-electron chi connectivity index (χ1n) is 5.01. The molecule has 0 saturated heterocycles.